The monoisotopic (exact) mass is 735 g/mol. The number of ketones is 3. The molecule has 2 aromatic rings. The molecule has 1 saturated heterocycles. The van der Waals surface area contributed by atoms with Crippen LogP contribution < -0.4 is 10.5 Å². The number of aliphatic hydroxyl groups excluding tert-OH is 2. The van der Waals surface area contributed by atoms with Gasteiger partial charge in [-0.1, -0.05) is 12.1 Å². The van der Waals surface area contributed by atoms with Crippen LogP contribution in [-0.2, 0) is 35.1 Å². The van der Waals surface area contributed by atoms with E-state index in [1.165, 1.54) is 25.3 Å². The molecule has 0 spiro atoms. The third-order valence-electron chi connectivity index (χ3n) is 9.09. The maximum atomic E-state index is 13.6. The molecule has 0 aromatic heterocycles. The number of hydrogen-bond donors (Lipinski definition) is 10. The highest BCUT2D eigenvalue weighted by molar-refractivity contribution is 6.31. The fourth-order valence-electron chi connectivity index (χ4n) is 6.46. The Morgan fingerprint density at radius 3 is 2.12 bits per heavy atom. The minimum Gasteiger partial charge on any atom is -0.507 e. The number of aliphatic carboxylic acids is 3. The van der Waals surface area contributed by atoms with Crippen LogP contribution >= 0.6 is 0 Å². The number of benzene rings is 2. The smallest absolute Gasteiger partial charge is 0.336 e. The Labute approximate surface area is 293 Å². The lowest BCUT2D eigenvalue weighted by Crippen LogP contribution is -2.53. The summed E-state index contributed by atoms with van der Waals surface area (Å²) in [5.41, 5.74) is -0.365. The van der Waals surface area contributed by atoms with E-state index in [0.717, 1.165) is 0 Å². The van der Waals surface area contributed by atoms with Crippen LogP contribution in [0.5, 0.6) is 17.2 Å². The molecule has 0 bridgehead atoms. The van der Waals surface area contributed by atoms with E-state index in [0.29, 0.717) is 0 Å². The molecule has 3 aliphatic rings. The Morgan fingerprint density at radius 1 is 1.00 bits per heavy atom. The van der Waals surface area contributed by atoms with Gasteiger partial charge in [-0.25, -0.2) is 4.79 Å². The lowest BCUT2D eigenvalue weighted by atomic mass is 9.72. The molecule has 282 valence electrons. The van der Waals surface area contributed by atoms with Crippen molar-refractivity contribution in [1.82, 2.24) is 0 Å². The lowest BCUT2D eigenvalue weighted by Gasteiger charge is -2.42. The number of hydrogen-bond acceptors (Lipinski definition) is 16. The summed E-state index contributed by atoms with van der Waals surface area (Å²) in [4.78, 5) is 70.2. The fourth-order valence-corrected chi connectivity index (χ4v) is 6.46. The highest BCUT2D eigenvalue weighted by Crippen LogP contribution is 2.52. The van der Waals surface area contributed by atoms with Crippen LogP contribution in [0.25, 0.3) is 0 Å². The minimum absolute atomic E-state index is 0.0173. The maximum absolute atomic E-state index is 13.6. The molecule has 0 saturated carbocycles. The van der Waals surface area contributed by atoms with E-state index in [1.54, 1.807) is 6.92 Å². The van der Waals surface area contributed by atoms with Gasteiger partial charge in [0.1, 0.15) is 29.5 Å². The number of carbonyl (C=O) groups excluding carboxylic acids is 3. The molecule has 0 unspecified atom stereocenters. The normalized spacial score (nSPS) is 25.1. The van der Waals surface area contributed by atoms with Crippen molar-refractivity contribution in [2.24, 2.45) is 5.73 Å². The molecule has 1 aliphatic heterocycles. The van der Waals surface area contributed by atoms with Crippen LogP contribution in [0.3, 0.4) is 0 Å². The van der Waals surface area contributed by atoms with Crippen molar-refractivity contribution in [1.29, 1.82) is 0 Å². The zero-order valence-corrected chi connectivity index (χ0v) is 27.6. The van der Waals surface area contributed by atoms with E-state index in [9.17, 15) is 54.3 Å². The van der Waals surface area contributed by atoms with E-state index < -0.39 is 132 Å². The van der Waals surface area contributed by atoms with Gasteiger partial charge in [-0.3, -0.25) is 24.0 Å². The lowest BCUT2D eigenvalue weighted by molar-refractivity contribution is -0.247. The summed E-state index contributed by atoms with van der Waals surface area (Å²) in [6.45, 7) is 0.560. The Bertz CT molecular complexity index is 1790. The molecule has 5 rings (SSSR count). The molecule has 6 atom stereocenters. The van der Waals surface area contributed by atoms with E-state index >= 15 is 0 Å². The van der Waals surface area contributed by atoms with Gasteiger partial charge in [0.25, 0.3) is 0 Å². The van der Waals surface area contributed by atoms with Crippen molar-refractivity contribution >= 4 is 35.3 Å². The number of carboxylic acid groups (broad SMARTS) is 3. The number of aromatic hydroxyl groups is 2. The average molecular weight is 736 g/mol. The summed E-state index contributed by atoms with van der Waals surface area (Å²) in [5.74, 6) is -8.79. The fraction of sp³-hybridized carbons (Fsp3) is 0.455. The van der Waals surface area contributed by atoms with Crippen LogP contribution in [0.15, 0.2) is 18.2 Å². The predicted molar refractivity (Wildman–Crippen MR) is 169 cm³/mol. The van der Waals surface area contributed by atoms with Crippen molar-refractivity contribution in [3.05, 3.63) is 51.6 Å². The molecule has 11 N–H and O–H groups in total. The predicted octanol–water partition coefficient (Wildman–Crippen LogP) is -1.25. The van der Waals surface area contributed by atoms with E-state index in [2.05, 4.69) is 0 Å². The van der Waals surface area contributed by atoms with Gasteiger partial charge in [0, 0.05) is 42.0 Å². The van der Waals surface area contributed by atoms with Crippen molar-refractivity contribution < 1.29 is 88.9 Å². The van der Waals surface area contributed by atoms with Crippen molar-refractivity contribution in [2.45, 2.75) is 80.9 Å². The summed E-state index contributed by atoms with van der Waals surface area (Å²) in [7, 11) is 1.32. The standard InChI is InChI=1S/C27H29NO11.C6H8O7/c1-10-22(31)13(28)6-17(38-10)39-15-8-27(36,16(30)9-29)7-12-19(15)26(35)21-20(24(12)33)23(32)11-4-3-5-14(37-2)18(11)25(21)34;7-3(8)1-6(13,5(11)12)2-4(9)10/h3-5,10,13,15,17,22,29,31,33,35-36H,6-9,28H2,1-2H3;13H,1-2H2,(H,7,8)(H,9,10)(H,11,12)/t10-,13-,15-,17-,22+,27-;/m0./s1. The Balaban J connectivity index is 0.000000398. The number of Topliss-reactive ketones (excluding diaryl/α,β-unsaturated/α-hetero) is 1. The summed E-state index contributed by atoms with van der Waals surface area (Å²) in [6, 6.07) is 3.64. The highest BCUT2D eigenvalue weighted by Gasteiger charge is 2.50. The maximum Gasteiger partial charge on any atom is 0.336 e. The first-order chi connectivity index (χ1) is 24.2. The van der Waals surface area contributed by atoms with Gasteiger partial charge in [0.15, 0.2) is 23.5 Å². The number of phenols is 2. The van der Waals surface area contributed by atoms with E-state index in [1.807, 2.05) is 0 Å². The van der Waals surface area contributed by atoms with Gasteiger partial charge in [0.05, 0.1) is 55.0 Å². The number of phenolic OH excluding ortho intramolecular Hbond substituents is 2. The van der Waals surface area contributed by atoms with Crippen LogP contribution in [-0.4, -0.2) is 131 Å². The topological polar surface area (TPSA) is 338 Å². The molecule has 52 heavy (non-hydrogen) atoms. The quantitative estimate of drug-likeness (QED) is 0.109. The largest absolute Gasteiger partial charge is 0.507 e. The summed E-state index contributed by atoms with van der Waals surface area (Å²) >= 11 is 0. The molecule has 19 nitrogen and oxygen atoms in total. The van der Waals surface area contributed by atoms with E-state index in [4.69, 9.17) is 40.4 Å². The number of fused-ring (bicyclic) bond motifs is 3. The highest BCUT2D eigenvalue weighted by atomic mass is 16.7. The molecule has 1 heterocycles. The second-order valence-corrected chi connectivity index (χ2v) is 12.6. The molecule has 0 amide bonds. The molecule has 1 fully saturated rings. The molecule has 19 heteroatoms. The van der Waals surface area contributed by atoms with Gasteiger partial charge >= 0.3 is 17.9 Å². The Hall–Kier alpha value is -5.02. The van der Waals surface area contributed by atoms with E-state index in [-0.39, 0.29) is 34.4 Å². The second-order valence-electron chi connectivity index (χ2n) is 12.6. The van der Waals surface area contributed by atoms with Gasteiger partial charge in [0.2, 0.25) is 5.78 Å². The summed E-state index contributed by atoms with van der Waals surface area (Å²) in [6.07, 6.45) is -7.41. The van der Waals surface area contributed by atoms with Gasteiger partial charge in [-0.2, -0.15) is 0 Å². The number of nitrogens with two attached hydrogens (primary N) is 1. The number of rotatable bonds is 10. The van der Waals surface area contributed by atoms with Crippen molar-refractivity contribution in [3.63, 3.8) is 0 Å². The minimum atomic E-state index is -2.74. The summed E-state index contributed by atoms with van der Waals surface area (Å²) < 4.78 is 17.0. The average Bonchev–Trinajstić information content (AvgIpc) is 3.06. The number of methoxy groups -OCH3 is 1. The zero-order valence-electron chi connectivity index (χ0n) is 27.6. The molecule has 0 radical (unpaired) electrons. The van der Waals surface area contributed by atoms with Crippen LogP contribution in [0.1, 0.15) is 81.7 Å². The van der Waals surface area contributed by atoms with Crippen molar-refractivity contribution in [2.75, 3.05) is 13.7 Å². The number of aliphatic hydroxyl groups is 4. The SMILES string of the molecule is COc1cccc2c1C(=O)c1c(O)c3c(c(O)c1C2=O)C[C@@](O)(C(=O)CO)C[C@@H]3O[C@H]1C[C@H](N)[C@H](O)[C@H](C)O1.O=C(O)CC(O)(CC(=O)O)C(=O)O. The molecular weight excluding hydrogens is 698 g/mol. The van der Waals surface area contributed by atoms with Crippen LogP contribution in [0.4, 0.5) is 0 Å². The summed E-state index contributed by atoms with van der Waals surface area (Å²) in [5, 5.41) is 87.5. The second kappa shape index (κ2) is 14.9. The van der Waals surface area contributed by atoms with Crippen LogP contribution in [0, 0.1) is 0 Å². The van der Waals surface area contributed by atoms with Gasteiger partial charge in [-0.15, -0.1) is 0 Å². The number of carbonyl (C=O) groups is 6. The third kappa shape index (κ3) is 7.33. The molecule has 2 aromatic carbocycles. The first-order valence-electron chi connectivity index (χ1n) is 15.6. The van der Waals surface area contributed by atoms with Gasteiger partial charge < -0.3 is 65.9 Å². The third-order valence-corrected chi connectivity index (χ3v) is 9.09. The first-order valence-corrected chi connectivity index (χ1v) is 15.6. The van der Waals surface area contributed by atoms with Crippen molar-refractivity contribution in [3.8, 4) is 17.2 Å². The van der Waals surface area contributed by atoms with Gasteiger partial charge in [-0.05, 0) is 13.0 Å². The van der Waals surface area contributed by atoms with Crippen LogP contribution in [0.2, 0.25) is 0 Å². The zero-order chi connectivity index (χ0) is 39.0. The molecular formula is C33H37NO18. The Morgan fingerprint density at radius 2 is 1.60 bits per heavy atom. The Kier molecular flexibility index (Phi) is 11.4. The first kappa shape index (κ1) is 39.8. The number of ether oxygens (including phenoxy) is 3. The number of carboxylic acids is 3. The molecule has 2 aliphatic carbocycles.